The van der Waals surface area contributed by atoms with E-state index in [0.717, 1.165) is 36.8 Å². The molecule has 1 spiro atoms. The van der Waals surface area contributed by atoms with E-state index in [-0.39, 0.29) is 22.9 Å². The summed E-state index contributed by atoms with van der Waals surface area (Å²) in [6.07, 6.45) is 4.10. The van der Waals surface area contributed by atoms with Crippen LogP contribution in [-0.4, -0.2) is 39.8 Å². The van der Waals surface area contributed by atoms with Gasteiger partial charge in [-0.3, -0.25) is 15.5 Å². The third kappa shape index (κ3) is 5.95. The first-order valence-electron chi connectivity index (χ1n) is 13.3. The van der Waals surface area contributed by atoms with Crippen molar-refractivity contribution in [1.82, 2.24) is 31.6 Å². The van der Waals surface area contributed by atoms with E-state index >= 15 is 0 Å². The number of urea groups is 1. The van der Waals surface area contributed by atoms with Crippen LogP contribution < -0.4 is 21.8 Å². The number of hydrogen-bond acceptors (Lipinski definition) is 6. The first kappa shape index (κ1) is 27.6. The van der Waals surface area contributed by atoms with Crippen molar-refractivity contribution in [1.29, 1.82) is 0 Å². The third-order valence-electron chi connectivity index (χ3n) is 8.27. The Bertz CT molecular complexity index is 1270. The molecule has 0 bridgehead atoms. The minimum Gasteiger partial charge on any atom is -0.318 e. The summed E-state index contributed by atoms with van der Waals surface area (Å²) in [4.78, 5) is 30.4. The van der Waals surface area contributed by atoms with Crippen molar-refractivity contribution in [3.8, 4) is 0 Å². The van der Waals surface area contributed by atoms with Crippen molar-refractivity contribution < 1.29 is 9.59 Å². The molecule has 0 radical (unpaired) electrons. The van der Waals surface area contributed by atoms with Crippen molar-refractivity contribution >= 4 is 41.1 Å². The quantitative estimate of drug-likeness (QED) is 0.403. The molecular formula is C28H35Cl2N7O2. The summed E-state index contributed by atoms with van der Waals surface area (Å²) in [6, 6.07) is 12.8. The molecule has 39 heavy (non-hydrogen) atoms. The molecular weight excluding hydrogens is 537 g/mol. The predicted octanol–water partition coefficient (Wildman–Crippen LogP) is 5.02. The normalized spacial score (nSPS) is 23.1. The van der Waals surface area contributed by atoms with Gasteiger partial charge in [-0.1, -0.05) is 62.2 Å². The highest BCUT2D eigenvalue weighted by molar-refractivity contribution is 6.35. The van der Waals surface area contributed by atoms with Crippen LogP contribution in [0.4, 0.5) is 4.79 Å². The van der Waals surface area contributed by atoms with Gasteiger partial charge in [0, 0.05) is 35.2 Å². The first-order valence-corrected chi connectivity index (χ1v) is 14.0. The molecule has 0 unspecified atom stereocenters. The Morgan fingerprint density at radius 3 is 2.44 bits per heavy atom. The highest BCUT2D eigenvalue weighted by Gasteiger charge is 2.51. The van der Waals surface area contributed by atoms with Gasteiger partial charge in [0.25, 0.3) is 5.91 Å². The Hall–Kier alpha value is -3.01. The minimum absolute atomic E-state index is 0.0161. The molecule has 2 aliphatic heterocycles. The first-order chi connectivity index (χ1) is 18.5. The predicted molar refractivity (Wildman–Crippen MR) is 153 cm³/mol. The lowest BCUT2D eigenvalue weighted by atomic mass is 9.67. The second-order valence-corrected chi connectivity index (χ2v) is 12.6. The van der Waals surface area contributed by atoms with Crippen molar-refractivity contribution in [2.75, 3.05) is 6.54 Å². The van der Waals surface area contributed by atoms with Gasteiger partial charge in [0.15, 0.2) is 0 Å². The van der Waals surface area contributed by atoms with Crippen LogP contribution in [0.15, 0.2) is 47.6 Å². The van der Waals surface area contributed by atoms with Crippen molar-refractivity contribution in [2.45, 2.75) is 65.1 Å². The number of nitrogens with zero attached hydrogens (tertiary/aromatic N) is 3. The maximum Gasteiger partial charge on any atom is 0.321 e. The molecule has 1 saturated heterocycles. The Labute approximate surface area is 239 Å². The Balaban J connectivity index is 1.35. The number of carbonyl (C=O) groups excluding carboxylic acids is 2. The molecule has 0 atom stereocenters. The van der Waals surface area contributed by atoms with Gasteiger partial charge in [0.1, 0.15) is 0 Å². The molecule has 3 amide bonds. The van der Waals surface area contributed by atoms with Crippen molar-refractivity contribution in [3.05, 3.63) is 69.2 Å². The molecule has 4 N–H and O–H groups in total. The number of benzene rings is 2. The van der Waals surface area contributed by atoms with E-state index < -0.39 is 0 Å². The van der Waals surface area contributed by atoms with E-state index in [4.69, 9.17) is 23.2 Å². The van der Waals surface area contributed by atoms with Crippen LogP contribution >= 0.6 is 23.2 Å². The molecule has 9 nitrogen and oxygen atoms in total. The Morgan fingerprint density at radius 1 is 1.10 bits per heavy atom. The lowest BCUT2D eigenvalue weighted by Gasteiger charge is -2.45. The van der Waals surface area contributed by atoms with Gasteiger partial charge in [-0.15, -0.1) is 10.6 Å². The average molecular weight is 573 g/mol. The fourth-order valence-corrected chi connectivity index (χ4v) is 6.40. The number of hydrogen-bond donors (Lipinski definition) is 4. The maximum atomic E-state index is 13.9. The molecule has 3 aliphatic rings. The van der Waals surface area contributed by atoms with Crippen molar-refractivity contribution in [3.63, 3.8) is 0 Å². The molecule has 11 heteroatoms. The van der Waals surface area contributed by atoms with Crippen LogP contribution in [0.5, 0.6) is 0 Å². The summed E-state index contributed by atoms with van der Waals surface area (Å²) in [6.45, 7) is 8.51. The molecule has 2 fully saturated rings. The summed E-state index contributed by atoms with van der Waals surface area (Å²) in [5.41, 5.74) is 10.1. The zero-order valence-corrected chi connectivity index (χ0v) is 24.0. The van der Waals surface area contributed by atoms with E-state index in [9.17, 15) is 9.59 Å². The number of amides is 3. The van der Waals surface area contributed by atoms with E-state index in [0.29, 0.717) is 47.1 Å². The Morgan fingerprint density at radius 2 is 1.82 bits per heavy atom. The maximum absolute atomic E-state index is 13.9. The number of hydrazone groups is 1. The standard InChI is InChI=1S/C28H35Cl2N7O2/c1-27(2,3)21-10-12-28(13-11-21)17-36(16-20-8-9-22(29)14-23(20)30)26(39)37(28)15-18-4-6-19(7-5-18)24(38)31-25-32-34-35-33-25/h4-9,14,21,34-35H,10-13,15-17H2,1-3H3,(H2,31,32,33,38). The summed E-state index contributed by atoms with van der Waals surface area (Å²) < 4.78 is 0. The van der Waals surface area contributed by atoms with E-state index in [1.807, 2.05) is 29.2 Å². The van der Waals surface area contributed by atoms with Crippen LogP contribution in [-0.2, 0) is 13.1 Å². The van der Waals surface area contributed by atoms with E-state index in [1.165, 1.54) is 0 Å². The average Bonchev–Trinajstić information content (AvgIpc) is 3.48. The lowest BCUT2D eigenvalue weighted by molar-refractivity contribution is 0.0616. The van der Waals surface area contributed by atoms with Crippen LogP contribution in [0, 0.1) is 11.3 Å². The molecule has 2 aromatic rings. The lowest BCUT2D eigenvalue weighted by Crippen LogP contribution is -2.50. The third-order valence-corrected chi connectivity index (χ3v) is 8.86. The molecule has 0 aromatic heterocycles. The molecule has 2 aromatic carbocycles. The fraction of sp³-hybridized carbons (Fsp3) is 0.464. The van der Waals surface area contributed by atoms with E-state index in [2.05, 4.69) is 52.6 Å². The minimum atomic E-state index is -0.279. The van der Waals surface area contributed by atoms with E-state index in [1.54, 1.807) is 18.2 Å². The van der Waals surface area contributed by atoms with Crippen LogP contribution in [0.1, 0.15) is 67.9 Å². The van der Waals surface area contributed by atoms with Gasteiger partial charge in [0.2, 0.25) is 5.96 Å². The molecule has 5 rings (SSSR count). The zero-order chi connectivity index (χ0) is 27.8. The Kier molecular flexibility index (Phi) is 7.68. The topological polar surface area (TPSA) is 101 Å². The molecule has 1 saturated carbocycles. The largest absolute Gasteiger partial charge is 0.321 e. The van der Waals surface area contributed by atoms with Crippen LogP contribution in [0.2, 0.25) is 10.0 Å². The summed E-state index contributed by atoms with van der Waals surface area (Å²) in [5, 5.41) is 7.68. The number of rotatable bonds is 5. The van der Waals surface area contributed by atoms with Gasteiger partial charge in [-0.2, -0.15) is 0 Å². The number of carbonyl (C=O) groups is 2. The van der Waals surface area contributed by atoms with Gasteiger partial charge < -0.3 is 9.80 Å². The highest BCUT2D eigenvalue weighted by atomic mass is 35.5. The second kappa shape index (κ2) is 10.9. The monoisotopic (exact) mass is 571 g/mol. The van der Waals surface area contributed by atoms with Gasteiger partial charge >= 0.3 is 6.03 Å². The van der Waals surface area contributed by atoms with Crippen molar-refractivity contribution in [2.24, 2.45) is 16.4 Å². The smallest absolute Gasteiger partial charge is 0.318 e. The number of hydrazine groups is 2. The number of nitrogens with one attached hydrogen (secondary N) is 4. The second-order valence-electron chi connectivity index (χ2n) is 11.8. The van der Waals surface area contributed by atoms with Gasteiger partial charge in [0.05, 0.1) is 5.54 Å². The van der Waals surface area contributed by atoms with Gasteiger partial charge in [-0.25, -0.2) is 10.3 Å². The number of guanidine groups is 1. The van der Waals surface area contributed by atoms with Crippen LogP contribution in [0.25, 0.3) is 0 Å². The van der Waals surface area contributed by atoms with Crippen LogP contribution in [0.3, 0.4) is 0 Å². The number of halogens is 2. The molecule has 1 aliphatic carbocycles. The highest BCUT2D eigenvalue weighted by Crippen LogP contribution is 2.47. The summed E-state index contributed by atoms with van der Waals surface area (Å²) in [5.74, 6) is 0.640. The summed E-state index contributed by atoms with van der Waals surface area (Å²) >= 11 is 12.6. The fourth-order valence-electron chi connectivity index (χ4n) is 5.93. The molecule has 2 heterocycles. The molecule has 208 valence electrons. The SMILES string of the molecule is CC(C)(C)C1CCC2(CC1)CN(Cc1ccc(Cl)cc1Cl)C(=O)N2Cc1ccc(C(=O)NC2=NNNN2)cc1. The van der Waals surface area contributed by atoms with Gasteiger partial charge in [-0.05, 0) is 72.4 Å². The summed E-state index contributed by atoms with van der Waals surface area (Å²) in [7, 11) is 0. The zero-order valence-electron chi connectivity index (χ0n) is 22.5.